The van der Waals surface area contributed by atoms with Crippen molar-refractivity contribution in [2.24, 2.45) is 0 Å². The standard InChI is InChI=1S/C19H22N4O3S/c1-23(2)8-10-26-9-7-20-18(25)16-12-27-19(22-16)17(24)14-11-21-15-6-4-3-5-13(14)15/h3-6,11-12,21H,7-10H2,1-2H3,(H,20,25)/p+1. The van der Waals surface area contributed by atoms with E-state index in [1.807, 2.05) is 24.3 Å². The number of nitrogens with zero attached hydrogens (tertiary/aromatic N) is 1. The van der Waals surface area contributed by atoms with Crippen molar-refractivity contribution in [2.45, 2.75) is 0 Å². The molecule has 0 saturated heterocycles. The molecular formula is C19H23N4O3S+. The fraction of sp³-hybridized carbons (Fsp3) is 0.316. The van der Waals surface area contributed by atoms with Gasteiger partial charge in [-0.1, -0.05) is 18.2 Å². The summed E-state index contributed by atoms with van der Waals surface area (Å²) in [4.78, 5) is 33.5. The molecule has 3 N–H and O–H groups in total. The lowest BCUT2D eigenvalue weighted by Crippen LogP contribution is -3.06. The number of nitrogens with one attached hydrogen (secondary N) is 3. The van der Waals surface area contributed by atoms with E-state index < -0.39 is 0 Å². The number of aromatic nitrogens is 2. The Kier molecular flexibility index (Phi) is 6.33. The molecule has 2 aromatic heterocycles. The van der Waals surface area contributed by atoms with Gasteiger partial charge in [-0.2, -0.15) is 0 Å². The Morgan fingerprint density at radius 1 is 1.26 bits per heavy atom. The number of likely N-dealkylation sites (N-methyl/N-ethyl adjacent to an activating group) is 1. The van der Waals surface area contributed by atoms with Crippen molar-refractivity contribution < 1.29 is 19.2 Å². The second-order valence-electron chi connectivity index (χ2n) is 6.44. The van der Waals surface area contributed by atoms with Crippen LogP contribution in [0.2, 0.25) is 0 Å². The fourth-order valence-corrected chi connectivity index (χ4v) is 3.31. The summed E-state index contributed by atoms with van der Waals surface area (Å²) in [5, 5.41) is 5.51. The number of hydrogen-bond donors (Lipinski definition) is 3. The number of carbonyl (C=O) groups is 2. The Balaban J connectivity index is 1.56. The van der Waals surface area contributed by atoms with Gasteiger partial charge < -0.3 is 19.9 Å². The summed E-state index contributed by atoms with van der Waals surface area (Å²) in [6.45, 7) is 2.42. The van der Waals surface area contributed by atoms with Crippen LogP contribution < -0.4 is 10.2 Å². The topological polar surface area (TPSA) is 88.5 Å². The second kappa shape index (κ2) is 8.90. The number of para-hydroxylation sites is 1. The third kappa shape index (κ3) is 4.79. The van der Waals surface area contributed by atoms with Crippen molar-refractivity contribution in [1.82, 2.24) is 15.3 Å². The average Bonchev–Trinajstić information content (AvgIpc) is 3.31. The summed E-state index contributed by atoms with van der Waals surface area (Å²) in [6.07, 6.45) is 1.68. The van der Waals surface area contributed by atoms with Gasteiger partial charge in [0.05, 0.1) is 32.9 Å². The van der Waals surface area contributed by atoms with Crippen LogP contribution in [0.15, 0.2) is 35.8 Å². The van der Waals surface area contributed by atoms with Crippen molar-refractivity contribution in [3.05, 3.63) is 52.1 Å². The lowest BCUT2D eigenvalue weighted by atomic mass is 10.1. The van der Waals surface area contributed by atoms with Crippen LogP contribution in [-0.4, -0.2) is 62.1 Å². The third-order valence-corrected chi connectivity index (χ3v) is 4.88. The molecule has 0 aliphatic rings. The average molecular weight is 387 g/mol. The number of amides is 1. The number of ketones is 1. The molecule has 3 rings (SSSR count). The summed E-state index contributed by atoms with van der Waals surface area (Å²) in [5.41, 5.74) is 1.70. The molecule has 0 aliphatic carbocycles. The highest BCUT2D eigenvalue weighted by molar-refractivity contribution is 7.12. The maximum Gasteiger partial charge on any atom is 0.270 e. The number of H-pyrrole nitrogens is 1. The number of rotatable bonds is 9. The molecule has 7 nitrogen and oxygen atoms in total. The van der Waals surface area contributed by atoms with E-state index >= 15 is 0 Å². The molecule has 8 heteroatoms. The third-order valence-electron chi connectivity index (χ3n) is 4.04. The van der Waals surface area contributed by atoms with Gasteiger partial charge in [-0.25, -0.2) is 4.98 Å². The van der Waals surface area contributed by atoms with Gasteiger partial charge in [-0.15, -0.1) is 11.3 Å². The lowest BCUT2D eigenvalue weighted by molar-refractivity contribution is -0.858. The minimum Gasteiger partial charge on any atom is -0.374 e. The summed E-state index contributed by atoms with van der Waals surface area (Å²) in [5.74, 6) is -0.489. The highest BCUT2D eigenvalue weighted by Gasteiger charge is 2.19. The number of aromatic amines is 1. The number of carbonyl (C=O) groups excluding carboxylic acids is 2. The normalized spacial score (nSPS) is 11.2. The van der Waals surface area contributed by atoms with Crippen LogP contribution in [0.3, 0.4) is 0 Å². The van der Waals surface area contributed by atoms with Gasteiger partial charge in [-0.3, -0.25) is 9.59 Å². The van der Waals surface area contributed by atoms with Gasteiger partial charge in [-0.05, 0) is 6.07 Å². The van der Waals surface area contributed by atoms with Gasteiger partial charge in [0.25, 0.3) is 5.91 Å². The van der Waals surface area contributed by atoms with Crippen molar-refractivity contribution in [3.63, 3.8) is 0 Å². The monoisotopic (exact) mass is 387 g/mol. The molecule has 0 spiro atoms. The molecule has 0 atom stereocenters. The van der Waals surface area contributed by atoms with Gasteiger partial charge in [0, 0.05) is 29.0 Å². The van der Waals surface area contributed by atoms with Gasteiger partial charge in [0.1, 0.15) is 12.2 Å². The molecular weight excluding hydrogens is 364 g/mol. The molecule has 2 heterocycles. The van der Waals surface area contributed by atoms with Crippen LogP contribution >= 0.6 is 11.3 Å². The highest BCUT2D eigenvalue weighted by Crippen LogP contribution is 2.22. The smallest absolute Gasteiger partial charge is 0.270 e. The predicted octanol–water partition coefficient (Wildman–Crippen LogP) is 0.746. The van der Waals surface area contributed by atoms with Crippen LogP contribution in [0.25, 0.3) is 10.9 Å². The number of thiazole rings is 1. The zero-order valence-corrected chi connectivity index (χ0v) is 16.2. The first-order valence-electron chi connectivity index (χ1n) is 8.77. The van der Waals surface area contributed by atoms with E-state index in [1.165, 1.54) is 16.2 Å². The van der Waals surface area contributed by atoms with Crippen molar-refractivity contribution in [1.29, 1.82) is 0 Å². The Hall–Kier alpha value is -2.55. The number of quaternary nitrogens is 1. The van der Waals surface area contributed by atoms with E-state index in [4.69, 9.17) is 4.74 Å². The molecule has 0 bridgehead atoms. The molecule has 1 amide bonds. The zero-order chi connectivity index (χ0) is 19.2. The zero-order valence-electron chi connectivity index (χ0n) is 15.4. The first-order valence-corrected chi connectivity index (χ1v) is 9.65. The van der Waals surface area contributed by atoms with E-state index in [9.17, 15) is 9.59 Å². The Labute approximate surface area is 161 Å². The first kappa shape index (κ1) is 19.2. The van der Waals surface area contributed by atoms with Gasteiger partial charge in [0.2, 0.25) is 5.78 Å². The molecule has 27 heavy (non-hydrogen) atoms. The Morgan fingerprint density at radius 3 is 2.89 bits per heavy atom. The summed E-state index contributed by atoms with van der Waals surface area (Å²) < 4.78 is 5.45. The molecule has 0 saturated carbocycles. The van der Waals surface area contributed by atoms with Gasteiger partial charge in [0.15, 0.2) is 5.01 Å². The highest BCUT2D eigenvalue weighted by atomic mass is 32.1. The molecule has 0 radical (unpaired) electrons. The number of benzene rings is 1. The van der Waals surface area contributed by atoms with Crippen LogP contribution in [0.5, 0.6) is 0 Å². The number of hydrogen-bond acceptors (Lipinski definition) is 5. The van der Waals surface area contributed by atoms with E-state index in [2.05, 4.69) is 29.4 Å². The maximum absolute atomic E-state index is 12.7. The van der Waals surface area contributed by atoms with E-state index in [0.29, 0.717) is 30.3 Å². The van der Waals surface area contributed by atoms with E-state index in [0.717, 1.165) is 17.4 Å². The maximum atomic E-state index is 12.7. The van der Waals surface area contributed by atoms with Gasteiger partial charge >= 0.3 is 0 Å². The SMILES string of the molecule is C[NH+](C)CCOCCNC(=O)c1csc(C(=O)c2c[nH]c3ccccc23)n1. The minimum absolute atomic E-state index is 0.189. The molecule has 142 valence electrons. The summed E-state index contributed by atoms with van der Waals surface area (Å²) in [7, 11) is 4.12. The van der Waals surface area contributed by atoms with Crippen LogP contribution in [-0.2, 0) is 4.74 Å². The Bertz CT molecular complexity index is 932. The Morgan fingerprint density at radius 2 is 2.07 bits per heavy atom. The van der Waals surface area contributed by atoms with Crippen LogP contribution in [0.1, 0.15) is 25.9 Å². The van der Waals surface area contributed by atoms with Crippen molar-refractivity contribution in [3.8, 4) is 0 Å². The fourth-order valence-electron chi connectivity index (χ4n) is 2.56. The van der Waals surface area contributed by atoms with Crippen LogP contribution in [0, 0.1) is 0 Å². The second-order valence-corrected chi connectivity index (χ2v) is 7.30. The van der Waals surface area contributed by atoms with E-state index in [1.54, 1.807) is 11.6 Å². The van der Waals surface area contributed by atoms with E-state index in [-0.39, 0.29) is 17.4 Å². The lowest BCUT2D eigenvalue weighted by Gasteiger charge is -2.08. The minimum atomic E-state index is -0.300. The number of ether oxygens (including phenoxy) is 1. The molecule has 0 unspecified atom stereocenters. The largest absolute Gasteiger partial charge is 0.374 e. The molecule has 0 fully saturated rings. The molecule has 3 aromatic rings. The molecule has 0 aliphatic heterocycles. The van der Waals surface area contributed by atoms with Crippen molar-refractivity contribution >= 4 is 33.9 Å². The predicted molar refractivity (Wildman–Crippen MR) is 105 cm³/mol. The summed E-state index contributed by atoms with van der Waals surface area (Å²) in [6, 6.07) is 7.59. The summed E-state index contributed by atoms with van der Waals surface area (Å²) >= 11 is 1.17. The number of fused-ring (bicyclic) bond motifs is 1. The quantitative estimate of drug-likeness (QED) is 0.373. The van der Waals surface area contributed by atoms with Crippen molar-refractivity contribution in [2.75, 3.05) is 40.4 Å². The van der Waals surface area contributed by atoms with Crippen LogP contribution in [0.4, 0.5) is 0 Å². The molecule has 1 aromatic carbocycles. The first-order chi connectivity index (χ1) is 13.1.